The fourth-order valence-corrected chi connectivity index (χ4v) is 4.00. The minimum absolute atomic E-state index is 0.0185. The number of carbonyl (C=O) groups excluding carboxylic acids is 4. The van der Waals surface area contributed by atoms with E-state index in [1.807, 2.05) is 0 Å². The maximum Gasteiger partial charge on any atom is 0.339 e. The summed E-state index contributed by atoms with van der Waals surface area (Å²) in [6, 6.07) is 5.93. The van der Waals surface area contributed by atoms with E-state index in [-0.39, 0.29) is 24.0 Å². The molecule has 1 fully saturated rings. The Morgan fingerprint density at radius 3 is 2.34 bits per heavy atom. The highest BCUT2D eigenvalue weighted by Gasteiger charge is 2.37. The third-order valence-electron chi connectivity index (χ3n) is 4.43. The van der Waals surface area contributed by atoms with Gasteiger partial charge in [0.2, 0.25) is 11.8 Å². The maximum absolute atomic E-state index is 13.6. The maximum atomic E-state index is 13.6. The molecule has 7 nitrogen and oxygen atoms in total. The SMILES string of the molecule is CN1C(=O)CC(Sc2ccccc2C(=O)OCC(=O)Nc2c(F)c(F)cc(F)c2F)C1=O. The summed E-state index contributed by atoms with van der Waals surface area (Å²) in [5.74, 6) is -10.1. The predicted octanol–water partition coefficient (Wildman–Crippen LogP) is 2.89. The van der Waals surface area contributed by atoms with Gasteiger partial charge in [0.05, 0.1) is 10.8 Å². The molecule has 3 amide bonds. The number of halogens is 4. The first kappa shape index (κ1) is 23.3. The van der Waals surface area contributed by atoms with Gasteiger partial charge in [-0.1, -0.05) is 12.1 Å². The zero-order valence-corrected chi connectivity index (χ0v) is 17.1. The molecule has 0 saturated carbocycles. The highest BCUT2D eigenvalue weighted by molar-refractivity contribution is 8.00. The lowest BCUT2D eigenvalue weighted by Crippen LogP contribution is -2.26. The molecule has 0 bridgehead atoms. The number of amides is 3. The van der Waals surface area contributed by atoms with Gasteiger partial charge >= 0.3 is 5.97 Å². The Morgan fingerprint density at radius 1 is 1.12 bits per heavy atom. The molecule has 1 heterocycles. The van der Waals surface area contributed by atoms with Crippen LogP contribution in [0.25, 0.3) is 0 Å². The van der Waals surface area contributed by atoms with Crippen LogP contribution in [0.2, 0.25) is 0 Å². The molecule has 1 N–H and O–H groups in total. The monoisotopic (exact) mass is 470 g/mol. The van der Waals surface area contributed by atoms with Crippen LogP contribution in [0.5, 0.6) is 0 Å². The molecule has 1 atom stereocenters. The van der Waals surface area contributed by atoms with E-state index in [9.17, 15) is 36.7 Å². The average molecular weight is 470 g/mol. The third-order valence-corrected chi connectivity index (χ3v) is 5.69. The highest BCUT2D eigenvalue weighted by Crippen LogP contribution is 2.33. The number of nitrogens with one attached hydrogen (secondary N) is 1. The van der Waals surface area contributed by atoms with Gasteiger partial charge in [-0.3, -0.25) is 19.3 Å². The summed E-state index contributed by atoms with van der Waals surface area (Å²) < 4.78 is 58.5. The molecular weight excluding hydrogens is 456 g/mol. The molecule has 3 rings (SSSR count). The standard InChI is InChI=1S/C20H14F4N2O5S/c1-26-15(28)7-13(19(26)29)32-12-5-3-2-4-9(12)20(30)31-8-14(27)25-18-16(23)10(21)6-11(22)17(18)24/h2-6,13H,7-8H2,1H3,(H,25,27). The molecule has 12 heteroatoms. The first-order valence-corrected chi connectivity index (χ1v) is 9.84. The summed E-state index contributed by atoms with van der Waals surface area (Å²) in [7, 11) is 1.35. The molecule has 1 saturated heterocycles. The third kappa shape index (κ3) is 4.74. The Kier molecular flexibility index (Phi) is 6.82. The van der Waals surface area contributed by atoms with Crippen molar-refractivity contribution in [3.63, 3.8) is 0 Å². The van der Waals surface area contributed by atoms with Crippen molar-refractivity contribution >= 4 is 41.1 Å². The lowest BCUT2D eigenvalue weighted by molar-refractivity contribution is -0.136. The second-order valence-electron chi connectivity index (χ2n) is 6.57. The molecule has 32 heavy (non-hydrogen) atoms. The molecular formula is C20H14F4N2O5S. The minimum Gasteiger partial charge on any atom is -0.452 e. The van der Waals surface area contributed by atoms with Crippen LogP contribution in [0, 0.1) is 23.3 Å². The lowest BCUT2D eigenvalue weighted by Gasteiger charge is -2.13. The summed E-state index contributed by atoms with van der Waals surface area (Å²) in [6.45, 7) is -1.02. The van der Waals surface area contributed by atoms with Crippen molar-refractivity contribution in [1.82, 2.24) is 4.90 Å². The van der Waals surface area contributed by atoms with Crippen LogP contribution in [0.1, 0.15) is 16.8 Å². The van der Waals surface area contributed by atoms with Crippen LogP contribution >= 0.6 is 11.8 Å². The number of imide groups is 1. The predicted molar refractivity (Wildman–Crippen MR) is 104 cm³/mol. The van der Waals surface area contributed by atoms with E-state index in [0.29, 0.717) is 4.90 Å². The zero-order chi connectivity index (χ0) is 23.6. The van der Waals surface area contributed by atoms with E-state index < -0.39 is 58.6 Å². The van der Waals surface area contributed by atoms with Crippen molar-refractivity contribution in [1.29, 1.82) is 0 Å². The summed E-state index contributed by atoms with van der Waals surface area (Å²) in [4.78, 5) is 49.4. The van der Waals surface area contributed by atoms with Crippen molar-refractivity contribution in [2.24, 2.45) is 0 Å². The number of hydrogen-bond donors (Lipinski definition) is 1. The van der Waals surface area contributed by atoms with Crippen molar-refractivity contribution in [2.45, 2.75) is 16.6 Å². The molecule has 168 valence electrons. The van der Waals surface area contributed by atoms with Crippen molar-refractivity contribution < 1.29 is 41.5 Å². The van der Waals surface area contributed by atoms with Gasteiger partial charge in [0.1, 0.15) is 5.69 Å². The van der Waals surface area contributed by atoms with Crippen molar-refractivity contribution in [3.8, 4) is 0 Å². The quantitative estimate of drug-likeness (QED) is 0.302. The van der Waals surface area contributed by atoms with Crippen LogP contribution in [0.4, 0.5) is 23.2 Å². The minimum atomic E-state index is -1.81. The number of anilines is 1. The van der Waals surface area contributed by atoms with E-state index >= 15 is 0 Å². The first-order valence-electron chi connectivity index (χ1n) is 8.96. The van der Waals surface area contributed by atoms with Crippen molar-refractivity contribution in [2.75, 3.05) is 19.0 Å². The number of esters is 1. The van der Waals surface area contributed by atoms with Crippen LogP contribution in [0.3, 0.4) is 0 Å². The van der Waals surface area contributed by atoms with Gasteiger partial charge < -0.3 is 10.1 Å². The molecule has 0 aromatic heterocycles. The fourth-order valence-electron chi connectivity index (χ4n) is 2.77. The molecule has 0 spiro atoms. The average Bonchev–Trinajstić information content (AvgIpc) is 3.00. The Bertz CT molecular complexity index is 1100. The molecule has 0 aliphatic carbocycles. The van der Waals surface area contributed by atoms with Crippen LogP contribution < -0.4 is 5.32 Å². The fraction of sp³-hybridized carbons (Fsp3) is 0.200. The molecule has 2 aromatic carbocycles. The van der Waals surface area contributed by atoms with Crippen molar-refractivity contribution in [3.05, 3.63) is 59.2 Å². The summed E-state index contributed by atoms with van der Waals surface area (Å²) in [5.41, 5.74) is -1.37. The van der Waals surface area contributed by atoms with Crippen LogP contribution in [-0.4, -0.2) is 47.5 Å². The summed E-state index contributed by atoms with van der Waals surface area (Å²) in [5, 5.41) is 0.879. The van der Waals surface area contributed by atoms with E-state index in [0.717, 1.165) is 16.7 Å². The Morgan fingerprint density at radius 2 is 1.75 bits per heavy atom. The zero-order valence-electron chi connectivity index (χ0n) is 16.3. The second kappa shape index (κ2) is 9.39. The molecule has 1 aliphatic rings. The molecule has 1 unspecified atom stereocenters. The molecule has 1 aliphatic heterocycles. The number of ether oxygens (including phenoxy) is 1. The number of nitrogens with zero attached hydrogens (tertiary/aromatic N) is 1. The number of benzene rings is 2. The number of thioether (sulfide) groups is 1. The van der Waals surface area contributed by atoms with Gasteiger partial charge in [0.15, 0.2) is 29.9 Å². The normalized spacial score (nSPS) is 15.8. The number of rotatable bonds is 6. The van der Waals surface area contributed by atoms with E-state index in [1.54, 1.807) is 11.4 Å². The summed E-state index contributed by atoms with van der Waals surface area (Å²) >= 11 is 0.970. The van der Waals surface area contributed by atoms with Gasteiger partial charge in [-0.15, -0.1) is 11.8 Å². The number of carbonyl (C=O) groups is 4. The number of hydrogen-bond acceptors (Lipinski definition) is 6. The Balaban J connectivity index is 1.67. The highest BCUT2D eigenvalue weighted by atomic mass is 32.2. The Labute approximate surface area is 182 Å². The van der Waals surface area contributed by atoms with Gasteiger partial charge in [-0.2, -0.15) is 0 Å². The second-order valence-corrected chi connectivity index (χ2v) is 7.81. The van der Waals surface area contributed by atoms with Crippen LogP contribution in [0.15, 0.2) is 35.2 Å². The van der Waals surface area contributed by atoms with E-state index in [1.165, 1.54) is 25.2 Å². The van der Waals surface area contributed by atoms with Gasteiger partial charge in [0, 0.05) is 24.4 Å². The van der Waals surface area contributed by atoms with Gasteiger partial charge in [-0.25, -0.2) is 22.4 Å². The van der Waals surface area contributed by atoms with Gasteiger partial charge in [0.25, 0.3) is 5.91 Å². The largest absolute Gasteiger partial charge is 0.452 e. The van der Waals surface area contributed by atoms with E-state index in [2.05, 4.69) is 0 Å². The lowest BCUT2D eigenvalue weighted by atomic mass is 10.2. The topological polar surface area (TPSA) is 92.8 Å². The van der Waals surface area contributed by atoms with Gasteiger partial charge in [-0.05, 0) is 12.1 Å². The molecule has 0 radical (unpaired) electrons. The van der Waals surface area contributed by atoms with E-state index in [4.69, 9.17) is 4.74 Å². The summed E-state index contributed by atoms with van der Waals surface area (Å²) in [6.07, 6.45) is -0.0485. The van der Waals surface area contributed by atoms with Crippen LogP contribution in [-0.2, 0) is 19.1 Å². The smallest absolute Gasteiger partial charge is 0.339 e. The number of likely N-dealkylation sites (tertiary alicyclic amines) is 1. The first-order chi connectivity index (χ1) is 15.1. The Hall–Kier alpha value is -3.41. The molecule has 2 aromatic rings.